The third kappa shape index (κ3) is 6.92. The number of Topliss-reactive ketones (excluding diaryl/α,β-unsaturated/α-hetero) is 1. The minimum absolute atomic E-state index is 0.0291. The highest BCUT2D eigenvalue weighted by Crippen LogP contribution is 2.23. The number of ketones is 1. The van der Waals surface area contributed by atoms with Gasteiger partial charge in [-0.15, -0.1) is 0 Å². The van der Waals surface area contributed by atoms with Crippen LogP contribution in [-0.2, 0) is 32.0 Å². The van der Waals surface area contributed by atoms with Gasteiger partial charge in [-0.3, -0.25) is 19.2 Å². The van der Waals surface area contributed by atoms with E-state index in [4.69, 9.17) is 5.73 Å². The SMILES string of the molecule is Cc1cc2[nH]c1C=c1[nH]c(c(CCC(=O)O)c1C)=Cc1[nH]c(c(C)c1CCC(=O)O)C=c1cc(C)c([nH]1)=C2C(=O)[C@@H](N)CCC(=O)O. The van der Waals surface area contributed by atoms with Gasteiger partial charge in [-0.05, 0) is 111 Å². The second kappa shape index (κ2) is 13.2. The molecule has 0 unspecified atom stereocenters. The Balaban J connectivity index is 1.86. The molecule has 12 heteroatoms. The number of nitrogens with one attached hydrogen (secondary N) is 4. The van der Waals surface area contributed by atoms with Crippen LogP contribution in [0.4, 0.5) is 0 Å². The van der Waals surface area contributed by atoms with Crippen LogP contribution in [0.1, 0.15) is 81.8 Å². The molecule has 1 aliphatic rings. The Bertz CT molecular complexity index is 2170. The van der Waals surface area contributed by atoms with Crippen molar-refractivity contribution in [2.24, 2.45) is 5.73 Å². The number of aryl methyl sites for hydroxylation is 2. The molecule has 5 heterocycles. The van der Waals surface area contributed by atoms with E-state index in [2.05, 4.69) is 19.9 Å². The van der Waals surface area contributed by atoms with Gasteiger partial charge >= 0.3 is 17.9 Å². The molecule has 5 rings (SSSR count). The molecular formula is C35H39N5O7. The quantitative estimate of drug-likeness (QED) is 0.118. The Morgan fingerprint density at radius 3 is 1.98 bits per heavy atom. The predicted molar refractivity (Wildman–Crippen MR) is 176 cm³/mol. The lowest BCUT2D eigenvalue weighted by atomic mass is 9.97. The highest BCUT2D eigenvalue weighted by Gasteiger charge is 2.25. The van der Waals surface area contributed by atoms with Crippen LogP contribution < -0.4 is 27.1 Å². The Hall–Kier alpha value is -5.36. The molecule has 246 valence electrons. The van der Waals surface area contributed by atoms with E-state index in [0.717, 1.165) is 44.4 Å². The molecule has 1 aliphatic heterocycles. The number of carbonyl (C=O) groups excluding carboxylic acids is 1. The lowest BCUT2D eigenvalue weighted by Gasteiger charge is -2.12. The first-order valence-electron chi connectivity index (χ1n) is 15.4. The van der Waals surface area contributed by atoms with Crippen LogP contribution in [0.15, 0.2) is 12.1 Å². The molecule has 8 bridgehead atoms. The van der Waals surface area contributed by atoms with Gasteiger partial charge in [-0.1, -0.05) is 0 Å². The summed E-state index contributed by atoms with van der Waals surface area (Å²) in [5, 5.41) is 30.9. The van der Waals surface area contributed by atoms with E-state index in [9.17, 15) is 34.5 Å². The van der Waals surface area contributed by atoms with Crippen LogP contribution >= 0.6 is 0 Å². The molecule has 0 radical (unpaired) electrons. The summed E-state index contributed by atoms with van der Waals surface area (Å²) in [6, 6.07) is 2.71. The molecular weight excluding hydrogens is 602 g/mol. The normalized spacial score (nSPS) is 13.0. The maximum atomic E-state index is 13.9. The number of carbonyl (C=O) groups is 4. The molecule has 0 aromatic carbocycles. The number of nitrogens with two attached hydrogens (primary N) is 1. The molecule has 47 heavy (non-hydrogen) atoms. The fourth-order valence-corrected chi connectivity index (χ4v) is 6.21. The van der Waals surface area contributed by atoms with Crippen molar-refractivity contribution in [3.05, 3.63) is 89.7 Å². The van der Waals surface area contributed by atoms with E-state index in [-0.39, 0.29) is 38.5 Å². The van der Waals surface area contributed by atoms with Crippen LogP contribution in [0.2, 0.25) is 0 Å². The lowest BCUT2D eigenvalue weighted by Crippen LogP contribution is -2.35. The number of carboxylic acids is 3. The third-order valence-electron chi connectivity index (χ3n) is 8.82. The van der Waals surface area contributed by atoms with Crippen LogP contribution in [-0.4, -0.2) is 65.0 Å². The smallest absolute Gasteiger partial charge is 0.303 e. The van der Waals surface area contributed by atoms with Crippen molar-refractivity contribution in [1.29, 1.82) is 0 Å². The van der Waals surface area contributed by atoms with Gasteiger partial charge in [0.05, 0.1) is 22.7 Å². The second-order valence-corrected chi connectivity index (χ2v) is 12.2. The van der Waals surface area contributed by atoms with E-state index in [0.29, 0.717) is 38.7 Å². The molecule has 4 aromatic heterocycles. The van der Waals surface area contributed by atoms with Gasteiger partial charge in [0.25, 0.3) is 0 Å². The summed E-state index contributed by atoms with van der Waals surface area (Å²) >= 11 is 0. The van der Waals surface area contributed by atoms with Gasteiger partial charge in [-0.25, -0.2) is 0 Å². The molecule has 0 amide bonds. The van der Waals surface area contributed by atoms with Gasteiger partial charge in [0.1, 0.15) is 0 Å². The minimum atomic E-state index is -1.05. The molecule has 1 atom stereocenters. The van der Waals surface area contributed by atoms with Crippen molar-refractivity contribution in [1.82, 2.24) is 19.9 Å². The number of H-pyrrole nitrogens is 4. The van der Waals surface area contributed by atoms with E-state index >= 15 is 0 Å². The number of aliphatic carboxylic acids is 3. The highest BCUT2D eigenvalue weighted by atomic mass is 16.4. The van der Waals surface area contributed by atoms with E-state index in [1.807, 2.05) is 58.1 Å². The van der Waals surface area contributed by atoms with Crippen LogP contribution in [0.5, 0.6) is 0 Å². The van der Waals surface area contributed by atoms with Gasteiger partial charge < -0.3 is 41.0 Å². The summed E-state index contributed by atoms with van der Waals surface area (Å²) in [4.78, 5) is 62.0. The number of fused-ring (bicyclic) bond motifs is 8. The number of carboxylic acid groups (broad SMARTS) is 3. The molecule has 12 nitrogen and oxygen atoms in total. The van der Waals surface area contributed by atoms with Crippen molar-refractivity contribution in [3.63, 3.8) is 0 Å². The van der Waals surface area contributed by atoms with E-state index in [1.54, 1.807) is 0 Å². The van der Waals surface area contributed by atoms with E-state index < -0.39 is 29.7 Å². The van der Waals surface area contributed by atoms with Gasteiger partial charge in [-0.2, -0.15) is 0 Å². The standard InChI is InChI=1S/C35H39N5O7/c1-16-12-29-33(35(47)23(36)7-10-32(45)46)34-17(2)11-20(37-34)13-25-18(3)21(5-8-30(41)42)27(39-25)15-28-22(6-9-31(43)44)19(4)26(40-28)14-24(16)38-29/h11-15,23,37-40H,5-10,36H2,1-4H3,(H,41,42)(H,43,44)(H,45,46)/t23-/m0/s1. The molecule has 9 N–H and O–H groups in total. The fraction of sp³-hybridized carbons (Fsp3) is 0.314. The average Bonchev–Trinajstić information content (AvgIpc) is 3.70. The van der Waals surface area contributed by atoms with Crippen molar-refractivity contribution in [2.45, 2.75) is 72.3 Å². The minimum Gasteiger partial charge on any atom is -0.481 e. The van der Waals surface area contributed by atoms with Crippen molar-refractivity contribution >= 4 is 47.5 Å². The molecule has 0 saturated heterocycles. The first kappa shape index (κ1) is 33.0. The Labute approximate surface area is 269 Å². The number of aromatic nitrogens is 4. The first-order valence-corrected chi connectivity index (χ1v) is 15.4. The lowest BCUT2D eigenvalue weighted by molar-refractivity contribution is -0.138. The van der Waals surface area contributed by atoms with Crippen molar-refractivity contribution in [2.75, 3.05) is 0 Å². The average molecular weight is 642 g/mol. The molecule has 0 spiro atoms. The van der Waals surface area contributed by atoms with Crippen molar-refractivity contribution < 1.29 is 34.5 Å². The number of rotatable bonds is 11. The van der Waals surface area contributed by atoms with Crippen molar-refractivity contribution in [3.8, 4) is 0 Å². The Kier molecular flexibility index (Phi) is 9.25. The fourth-order valence-electron chi connectivity index (χ4n) is 6.21. The zero-order valence-corrected chi connectivity index (χ0v) is 26.8. The molecule has 0 aliphatic carbocycles. The summed E-state index contributed by atoms with van der Waals surface area (Å²) in [5.74, 6) is -3.29. The summed E-state index contributed by atoms with van der Waals surface area (Å²) in [6.07, 6.45) is 5.84. The van der Waals surface area contributed by atoms with Gasteiger partial charge in [0.15, 0.2) is 5.78 Å². The summed E-state index contributed by atoms with van der Waals surface area (Å²) < 4.78 is 0. The van der Waals surface area contributed by atoms with Crippen LogP contribution in [0, 0.1) is 27.7 Å². The summed E-state index contributed by atoms with van der Waals surface area (Å²) in [6.45, 7) is 7.61. The third-order valence-corrected chi connectivity index (χ3v) is 8.82. The summed E-state index contributed by atoms with van der Waals surface area (Å²) in [5.41, 5.74) is 14.3. The molecule has 0 saturated carbocycles. The number of hydrogen-bond donors (Lipinski definition) is 8. The van der Waals surface area contributed by atoms with Crippen LogP contribution in [0.3, 0.4) is 0 Å². The maximum Gasteiger partial charge on any atom is 0.303 e. The molecule has 0 fully saturated rings. The molecule has 4 aromatic rings. The topological polar surface area (TPSA) is 218 Å². The van der Waals surface area contributed by atoms with E-state index in [1.165, 1.54) is 0 Å². The van der Waals surface area contributed by atoms with Gasteiger partial charge in [0, 0.05) is 52.4 Å². The van der Waals surface area contributed by atoms with Crippen LogP contribution in [0.25, 0.3) is 23.8 Å². The maximum absolute atomic E-state index is 13.9. The first-order chi connectivity index (χ1) is 22.2. The monoisotopic (exact) mass is 641 g/mol. The highest BCUT2D eigenvalue weighted by molar-refractivity contribution is 6.22. The largest absolute Gasteiger partial charge is 0.481 e. The zero-order valence-electron chi connectivity index (χ0n) is 26.8. The Morgan fingerprint density at radius 1 is 0.681 bits per heavy atom. The predicted octanol–water partition coefficient (Wildman–Crippen LogP) is 1.03. The second-order valence-electron chi connectivity index (χ2n) is 12.2. The number of hydrogen-bond acceptors (Lipinski definition) is 5. The van der Waals surface area contributed by atoms with Gasteiger partial charge in [0.2, 0.25) is 0 Å². The summed E-state index contributed by atoms with van der Waals surface area (Å²) in [7, 11) is 0. The Morgan fingerprint density at radius 2 is 1.32 bits per heavy atom. The zero-order chi connectivity index (χ0) is 34.2. The number of aromatic amines is 4.